The number of benzene rings is 1. The molecule has 32 heavy (non-hydrogen) atoms. The number of hydrogen-bond donors (Lipinski definition) is 3. The fourth-order valence-corrected chi connectivity index (χ4v) is 3.93. The molecule has 0 aliphatic heterocycles. The molecule has 8 nitrogen and oxygen atoms in total. The van der Waals surface area contributed by atoms with Crippen molar-refractivity contribution >= 4 is 5.91 Å². The van der Waals surface area contributed by atoms with E-state index in [1.165, 1.54) is 0 Å². The van der Waals surface area contributed by atoms with Crippen LogP contribution in [0.15, 0.2) is 47.2 Å². The quantitative estimate of drug-likeness (QED) is 0.513. The van der Waals surface area contributed by atoms with Crippen LogP contribution in [0.2, 0.25) is 0 Å². The molecule has 166 valence electrons. The van der Waals surface area contributed by atoms with Crippen molar-refractivity contribution in [3.63, 3.8) is 0 Å². The number of aliphatic hydroxyl groups is 1. The molecule has 2 aromatic heterocycles. The van der Waals surface area contributed by atoms with Gasteiger partial charge in [0.25, 0.3) is 0 Å². The topological polar surface area (TPSA) is 119 Å². The largest absolute Gasteiger partial charge is 0.385 e. The van der Waals surface area contributed by atoms with Gasteiger partial charge in [-0.15, -0.1) is 0 Å². The van der Waals surface area contributed by atoms with Crippen molar-refractivity contribution in [3.8, 4) is 23.2 Å². The first-order chi connectivity index (χ1) is 15.5. The number of nitrogens with zero attached hydrogens (tertiary/aromatic N) is 3. The number of carbonyl (C=O) groups excluding carboxylic acids is 1. The van der Waals surface area contributed by atoms with Gasteiger partial charge in [-0.25, -0.2) is 4.98 Å². The first-order valence-electron chi connectivity index (χ1n) is 10.7. The van der Waals surface area contributed by atoms with Gasteiger partial charge in [0.05, 0.1) is 6.04 Å². The van der Waals surface area contributed by atoms with Crippen LogP contribution in [0, 0.1) is 23.7 Å². The fraction of sp³-hybridized carbons (Fsp3) is 0.375. The number of amides is 1. The average molecular weight is 434 g/mol. The van der Waals surface area contributed by atoms with Crippen LogP contribution in [-0.4, -0.2) is 39.3 Å². The zero-order chi connectivity index (χ0) is 22.7. The van der Waals surface area contributed by atoms with Gasteiger partial charge in [0, 0.05) is 55.0 Å². The molecule has 1 saturated carbocycles. The normalized spacial score (nSPS) is 19.4. The van der Waals surface area contributed by atoms with Gasteiger partial charge in [0.1, 0.15) is 17.6 Å². The minimum absolute atomic E-state index is 0.0960. The summed E-state index contributed by atoms with van der Waals surface area (Å²) >= 11 is 0. The van der Waals surface area contributed by atoms with Crippen molar-refractivity contribution in [2.75, 3.05) is 13.6 Å². The van der Waals surface area contributed by atoms with Gasteiger partial charge < -0.3 is 25.2 Å². The lowest BCUT2D eigenvalue weighted by Crippen LogP contribution is -2.36. The third-order valence-electron chi connectivity index (χ3n) is 5.85. The van der Waals surface area contributed by atoms with E-state index >= 15 is 0 Å². The van der Waals surface area contributed by atoms with E-state index in [4.69, 9.17) is 10.3 Å². The minimum Gasteiger partial charge on any atom is -0.385 e. The summed E-state index contributed by atoms with van der Waals surface area (Å²) in [6.45, 7) is 1.95. The van der Waals surface area contributed by atoms with Crippen LogP contribution in [0.3, 0.4) is 0 Å². The smallest absolute Gasteiger partial charge is 0.222 e. The van der Waals surface area contributed by atoms with E-state index < -0.39 is 6.10 Å². The van der Waals surface area contributed by atoms with Crippen molar-refractivity contribution in [1.29, 1.82) is 0 Å². The molecule has 8 heteroatoms. The van der Waals surface area contributed by atoms with Crippen LogP contribution in [0.1, 0.15) is 49.0 Å². The van der Waals surface area contributed by atoms with Crippen LogP contribution in [0.25, 0.3) is 11.3 Å². The summed E-state index contributed by atoms with van der Waals surface area (Å²) in [6, 6.07) is 9.35. The van der Waals surface area contributed by atoms with Gasteiger partial charge in [0.2, 0.25) is 5.91 Å². The molecule has 0 saturated heterocycles. The monoisotopic (exact) mass is 433 g/mol. The van der Waals surface area contributed by atoms with E-state index in [0.29, 0.717) is 23.8 Å². The predicted molar refractivity (Wildman–Crippen MR) is 119 cm³/mol. The highest BCUT2D eigenvalue weighted by molar-refractivity contribution is 5.79. The first kappa shape index (κ1) is 21.8. The van der Waals surface area contributed by atoms with Gasteiger partial charge in [-0.05, 0) is 44.0 Å². The number of nitrogens with one attached hydrogen (secondary N) is 1. The van der Waals surface area contributed by atoms with Crippen LogP contribution in [-0.2, 0) is 4.79 Å². The highest BCUT2D eigenvalue weighted by Crippen LogP contribution is 2.33. The summed E-state index contributed by atoms with van der Waals surface area (Å²) in [5.74, 6) is 8.07. The van der Waals surface area contributed by atoms with Crippen molar-refractivity contribution in [2.45, 2.75) is 31.9 Å². The Morgan fingerprint density at radius 1 is 1.38 bits per heavy atom. The zero-order valence-corrected chi connectivity index (χ0v) is 18.2. The summed E-state index contributed by atoms with van der Waals surface area (Å²) in [4.78, 5) is 15.8. The molecule has 0 unspecified atom stereocenters. The Hall–Kier alpha value is -3.41. The Labute approximate surface area is 186 Å². The molecule has 1 aliphatic carbocycles. The van der Waals surface area contributed by atoms with Crippen molar-refractivity contribution < 1.29 is 14.4 Å². The van der Waals surface area contributed by atoms with Crippen LogP contribution < -0.4 is 11.1 Å². The zero-order valence-electron chi connectivity index (χ0n) is 18.2. The number of rotatable bonds is 6. The van der Waals surface area contributed by atoms with Gasteiger partial charge in [-0.2, -0.15) is 0 Å². The molecule has 2 atom stereocenters. The fourth-order valence-electron chi connectivity index (χ4n) is 3.93. The molecule has 3 aromatic rings. The highest BCUT2D eigenvalue weighted by Gasteiger charge is 2.32. The van der Waals surface area contributed by atoms with Gasteiger partial charge in [-0.3, -0.25) is 4.79 Å². The lowest BCUT2D eigenvalue weighted by Gasteiger charge is -2.29. The molecule has 1 aliphatic rings. The molecular weight excluding hydrogens is 406 g/mol. The second kappa shape index (κ2) is 9.39. The SMILES string of the molecule is CNC(=O)C1CC(C#Cc2ccc(-c3cc([C@@H](CN)n4ccnc4[C@H](C)O)no3)cc2)C1. The van der Waals surface area contributed by atoms with Crippen molar-refractivity contribution in [3.05, 3.63) is 59.8 Å². The number of imidazole rings is 1. The van der Waals surface area contributed by atoms with E-state index in [9.17, 15) is 9.90 Å². The summed E-state index contributed by atoms with van der Waals surface area (Å²) < 4.78 is 7.39. The first-order valence-corrected chi connectivity index (χ1v) is 10.7. The van der Waals surface area contributed by atoms with Crippen LogP contribution in [0.5, 0.6) is 0 Å². The number of aliphatic hydroxyl groups excluding tert-OH is 1. The van der Waals surface area contributed by atoms with Crippen molar-refractivity contribution in [1.82, 2.24) is 20.0 Å². The van der Waals surface area contributed by atoms with E-state index in [1.807, 2.05) is 34.9 Å². The predicted octanol–water partition coefficient (Wildman–Crippen LogP) is 2.26. The number of carbonyl (C=O) groups is 1. The molecular formula is C24H27N5O3. The Morgan fingerprint density at radius 3 is 2.78 bits per heavy atom. The van der Waals surface area contributed by atoms with Crippen LogP contribution >= 0.6 is 0 Å². The third-order valence-corrected chi connectivity index (χ3v) is 5.85. The molecule has 0 bridgehead atoms. The second-order valence-electron chi connectivity index (χ2n) is 8.06. The van der Waals surface area contributed by atoms with Gasteiger partial charge >= 0.3 is 0 Å². The molecule has 1 amide bonds. The van der Waals surface area contributed by atoms with Gasteiger partial charge in [0.15, 0.2) is 5.76 Å². The summed E-state index contributed by atoms with van der Waals surface area (Å²) in [7, 11) is 1.67. The lowest BCUT2D eigenvalue weighted by atomic mass is 9.75. The maximum Gasteiger partial charge on any atom is 0.222 e. The van der Waals surface area contributed by atoms with E-state index in [1.54, 1.807) is 26.4 Å². The molecule has 1 aromatic carbocycles. The Balaban J connectivity index is 1.44. The molecule has 0 radical (unpaired) electrons. The number of nitrogens with two attached hydrogens (primary N) is 1. The van der Waals surface area contributed by atoms with E-state index in [-0.39, 0.29) is 23.8 Å². The molecule has 0 spiro atoms. The second-order valence-corrected chi connectivity index (χ2v) is 8.06. The Bertz CT molecular complexity index is 1130. The maximum absolute atomic E-state index is 11.6. The maximum atomic E-state index is 11.6. The van der Waals surface area contributed by atoms with Crippen LogP contribution in [0.4, 0.5) is 0 Å². The van der Waals surface area contributed by atoms with E-state index in [2.05, 4.69) is 27.3 Å². The minimum atomic E-state index is -0.714. The molecule has 4 rings (SSSR count). The van der Waals surface area contributed by atoms with Crippen molar-refractivity contribution in [2.24, 2.45) is 17.6 Å². The number of hydrogen-bond acceptors (Lipinski definition) is 6. The lowest BCUT2D eigenvalue weighted by molar-refractivity contribution is -0.127. The summed E-state index contributed by atoms with van der Waals surface area (Å²) in [6.07, 6.45) is 4.34. The highest BCUT2D eigenvalue weighted by atomic mass is 16.5. The third kappa shape index (κ3) is 4.44. The standard InChI is InChI=1S/C24H27N5O3/c1-15(30)23-27-9-10-29(23)21(14-25)20-13-22(32-28-20)18-7-5-16(6-8-18)3-4-17-11-19(12-17)24(31)26-2/h5-10,13,15,17,19,21,30H,11-12,14,25H2,1-2H3,(H,26,31)/t15-,17?,19?,21+/m0/s1. The number of aromatic nitrogens is 3. The molecule has 2 heterocycles. The molecule has 4 N–H and O–H groups in total. The summed E-state index contributed by atoms with van der Waals surface area (Å²) in [5.41, 5.74) is 8.46. The summed E-state index contributed by atoms with van der Waals surface area (Å²) in [5, 5.41) is 16.8. The Morgan fingerprint density at radius 2 is 2.12 bits per heavy atom. The average Bonchev–Trinajstić information content (AvgIpc) is 3.44. The van der Waals surface area contributed by atoms with E-state index in [0.717, 1.165) is 24.0 Å². The Kier molecular flexibility index (Phi) is 6.40. The van der Waals surface area contributed by atoms with Gasteiger partial charge in [-0.1, -0.05) is 17.0 Å². The molecule has 1 fully saturated rings.